The topological polar surface area (TPSA) is 21.3 Å². The first kappa shape index (κ1) is 14.0. The zero-order valence-corrected chi connectivity index (χ0v) is 12.1. The third-order valence-corrected chi connectivity index (χ3v) is 3.34. The van der Waals surface area contributed by atoms with Crippen LogP contribution in [0.2, 0.25) is 10.0 Å². The summed E-state index contributed by atoms with van der Waals surface area (Å²) in [6, 6.07) is 13.2. The molecular weight excluding hydrogens is 281 g/mol. The molecule has 0 atom stereocenters. The molecule has 0 aromatic heterocycles. The fraction of sp³-hybridized carbons (Fsp3) is 0.200. The number of nitrogens with one attached hydrogen (secondary N) is 1. The number of hydrogen-bond acceptors (Lipinski definition) is 2. The zero-order chi connectivity index (χ0) is 13.7. The van der Waals surface area contributed by atoms with Gasteiger partial charge in [-0.2, -0.15) is 0 Å². The van der Waals surface area contributed by atoms with Crippen molar-refractivity contribution in [3.8, 4) is 5.75 Å². The van der Waals surface area contributed by atoms with Crippen molar-refractivity contribution in [2.45, 2.75) is 6.92 Å². The Hall–Kier alpha value is -1.38. The lowest BCUT2D eigenvalue weighted by Gasteiger charge is -2.09. The van der Waals surface area contributed by atoms with Gasteiger partial charge in [0.1, 0.15) is 12.4 Å². The number of anilines is 1. The average Bonchev–Trinajstić information content (AvgIpc) is 2.41. The Balaban J connectivity index is 1.77. The standard InChI is InChI=1S/C15H15Cl2NO/c1-11-2-5-13(10-15(11)17)18-8-9-19-14-6-3-12(16)4-7-14/h2-7,10,18H,8-9H2,1H3. The van der Waals surface area contributed by atoms with Crippen LogP contribution in [-0.2, 0) is 0 Å². The molecule has 2 nitrogen and oxygen atoms in total. The van der Waals surface area contributed by atoms with Crippen LogP contribution in [0.3, 0.4) is 0 Å². The Labute approximate surface area is 123 Å². The van der Waals surface area contributed by atoms with Crippen molar-refractivity contribution in [1.29, 1.82) is 0 Å². The largest absolute Gasteiger partial charge is 0.492 e. The number of hydrogen-bond donors (Lipinski definition) is 1. The monoisotopic (exact) mass is 295 g/mol. The SMILES string of the molecule is Cc1ccc(NCCOc2ccc(Cl)cc2)cc1Cl. The second kappa shape index (κ2) is 6.69. The Bertz CT molecular complexity index is 540. The number of aryl methyl sites for hydroxylation is 1. The molecule has 2 aromatic rings. The summed E-state index contributed by atoms with van der Waals surface area (Å²) in [5.41, 5.74) is 2.07. The minimum atomic E-state index is 0.577. The van der Waals surface area contributed by atoms with Crippen molar-refractivity contribution in [2.75, 3.05) is 18.5 Å². The fourth-order valence-corrected chi connectivity index (χ4v) is 1.90. The second-order valence-electron chi connectivity index (χ2n) is 4.19. The minimum Gasteiger partial charge on any atom is -0.492 e. The van der Waals surface area contributed by atoms with Crippen LogP contribution in [0.15, 0.2) is 42.5 Å². The predicted molar refractivity (Wildman–Crippen MR) is 81.6 cm³/mol. The smallest absolute Gasteiger partial charge is 0.119 e. The lowest BCUT2D eigenvalue weighted by atomic mass is 10.2. The minimum absolute atomic E-state index is 0.577. The van der Waals surface area contributed by atoms with Gasteiger partial charge in [-0.15, -0.1) is 0 Å². The van der Waals surface area contributed by atoms with Crippen molar-refractivity contribution >= 4 is 28.9 Å². The Morgan fingerprint density at radius 3 is 2.47 bits per heavy atom. The van der Waals surface area contributed by atoms with Gasteiger partial charge < -0.3 is 10.1 Å². The van der Waals surface area contributed by atoms with Crippen LogP contribution in [0, 0.1) is 6.92 Å². The molecule has 0 aliphatic heterocycles. The summed E-state index contributed by atoms with van der Waals surface area (Å²) < 4.78 is 5.58. The summed E-state index contributed by atoms with van der Waals surface area (Å²) in [7, 11) is 0. The highest BCUT2D eigenvalue weighted by Gasteiger charge is 1.98. The first-order chi connectivity index (χ1) is 9.15. The first-order valence-corrected chi connectivity index (χ1v) is 6.79. The molecule has 0 saturated heterocycles. The van der Waals surface area contributed by atoms with E-state index in [0.29, 0.717) is 18.2 Å². The van der Waals surface area contributed by atoms with E-state index in [9.17, 15) is 0 Å². The van der Waals surface area contributed by atoms with Gasteiger partial charge in [-0.25, -0.2) is 0 Å². The van der Waals surface area contributed by atoms with E-state index in [1.54, 1.807) is 0 Å². The molecule has 0 spiro atoms. The predicted octanol–water partition coefficient (Wildman–Crippen LogP) is 4.79. The van der Waals surface area contributed by atoms with Gasteiger partial charge in [0.25, 0.3) is 0 Å². The highest BCUT2D eigenvalue weighted by molar-refractivity contribution is 6.31. The summed E-state index contributed by atoms with van der Waals surface area (Å²) in [5.74, 6) is 0.813. The molecule has 0 bridgehead atoms. The Morgan fingerprint density at radius 2 is 1.79 bits per heavy atom. The van der Waals surface area contributed by atoms with Gasteiger partial charge in [0.2, 0.25) is 0 Å². The molecule has 0 radical (unpaired) electrons. The highest BCUT2D eigenvalue weighted by atomic mass is 35.5. The van der Waals surface area contributed by atoms with Crippen molar-refractivity contribution in [2.24, 2.45) is 0 Å². The van der Waals surface area contributed by atoms with Gasteiger partial charge in [0, 0.05) is 22.3 Å². The molecule has 0 heterocycles. The van der Waals surface area contributed by atoms with Crippen LogP contribution in [-0.4, -0.2) is 13.2 Å². The first-order valence-electron chi connectivity index (χ1n) is 6.03. The maximum Gasteiger partial charge on any atom is 0.119 e. The third-order valence-electron chi connectivity index (χ3n) is 2.69. The van der Waals surface area contributed by atoms with Crippen molar-refractivity contribution in [3.63, 3.8) is 0 Å². The molecular formula is C15H15Cl2NO. The highest BCUT2D eigenvalue weighted by Crippen LogP contribution is 2.20. The molecule has 2 rings (SSSR count). The van der Waals surface area contributed by atoms with E-state index in [1.807, 2.05) is 49.4 Å². The van der Waals surface area contributed by atoms with Crippen LogP contribution in [0.4, 0.5) is 5.69 Å². The summed E-state index contributed by atoms with van der Waals surface area (Å²) in [6.45, 7) is 3.27. The molecule has 0 fully saturated rings. The molecule has 2 aromatic carbocycles. The Kier molecular flexibility index (Phi) is 4.94. The van der Waals surface area contributed by atoms with E-state index in [1.165, 1.54) is 0 Å². The van der Waals surface area contributed by atoms with Gasteiger partial charge in [-0.05, 0) is 48.9 Å². The summed E-state index contributed by atoms with van der Waals surface area (Å²) in [6.07, 6.45) is 0. The van der Waals surface area contributed by atoms with Crippen molar-refractivity contribution in [3.05, 3.63) is 58.1 Å². The van der Waals surface area contributed by atoms with Gasteiger partial charge in [0.15, 0.2) is 0 Å². The van der Waals surface area contributed by atoms with Crippen LogP contribution in [0.1, 0.15) is 5.56 Å². The van der Waals surface area contributed by atoms with Crippen LogP contribution in [0.5, 0.6) is 5.75 Å². The van der Waals surface area contributed by atoms with Gasteiger partial charge >= 0.3 is 0 Å². The Morgan fingerprint density at radius 1 is 1.05 bits per heavy atom. The number of ether oxygens (including phenoxy) is 1. The van der Waals surface area contributed by atoms with Crippen molar-refractivity contribution < 1.29 is 4.74 Å². The second-order valence-corrected chi connectivity index (χ2v) is 5.04. The summed E-state index contributed by atoms with van der Waals surface area (Å²) in [5, 5.41) is 4.73. The van der Waals surface area contributed by atoms with E-state index in [2.05, 4.69) is 5.32 Å². The molecule has 0 amide bonds. The van der Waals surface area contributed by atoms with Crippen LogP contribution in [0.25, 0.3) is 0 Å². The van der Waals surface area contributed by atoms with Crippen LogP contribution < -0.4 is 10.1 Å². The fourth-order valence-electron chi connectivity index (χ4n) is 1.60. The van der Waals surface area contributed by atoms with Gasteiger partial charge in [0.05, 0.1) is 0 Å². The molecule has 0 aliphatic rings. The molecule has 4 heteroatoms. The summed E-state index contributed by atoms with van der Waals surface area (Å²) in [4.78, 5) is 0. The van der Waals surface area contributed by atoms with Crippen molar-refractivity contribution in [1.82, 2.24) is 0 Å². The normalized spacial score (nSPS) is 10.3. The molecule has 100 valence electrons. The lowest BCUT2D eigenvalue weighted by molar-refractivity contribution is 0.333. The number of halogens is 2. The molecule has 1 N–H and O–H groups in total. The molecule has 19 heavy (non-hydrogen) atoms. The summed E-state index contributed by atoms with van der Waals surface area (Å²) >= 11 is 11.9. The van der Waals surface area contributed by atoms with Gasteiger partial charge in [-0.3, -0.25) is 0 Å². The molecule has 0 saturated carbocycles. The van der Waals surface area contributed by atoms with Crippen LogP contribution >= 0.6 is 23.2 Å². The quantitative estimate of drug-likeness (QED) is 0.801. The van der Waals surface area contributed by atoms with E-state index >= 15 is 0 Å². The third kappa shape index (κ3) is 4.34. The zero-order valence-electron chi connectivity index (χ0n) is 10.6. The maximum absolute atomic E-state index is 6.05. The van der Waals surface area contributed by atoms with E-state index in [-0.39, 0.29) is 0 Å². The van der Waals surface area contributed by atoms with E-state index < -0.39 is 0 Å². The molecule has 0 aliphatic carbocycles. The lowest BCUT2D eigenvalue weighted by Crippen LogP contribution is -2.11. The average molecular weight is 296 g/mol. The van der Waals surface area contributed by atoms with E-state index in [4.69, 9.17) is 27.9 Å². The van der Waals surface area contributed by atoms with E-state index in [0.717, 1.165) is 22.0 Å². The number of rotatable bonds is 5. The van der Waals surface area contributed by atoms with Gasteiger partial charge in [-0.1, -0.05) is 29.3 Å². The maximum atomic E-state index is 6.05. The number of benzene rings is 2. The molecule has 0 unspecified atom stereocenters.